The summed E-state index contributed by atoms with van der Waals surface area (Å²) in [6.45, 7) is 6.01. The summed E-state index contributed by atoms with van der Waals surface area (Å²) in [4.78, 5) is 16.2. The molecular formula is C19H23N5O. The highest BCUT2D eigenvalue weighted by atomic mass is 16.1. The number of hydrogen-bond donors (Lipinski definition) is 1. The molecule has 6 heteroatoms. The van der Waals surface area contributed by atoms with Crippen LogP contribution in [0.4, 0.5) is 0 Å². The number of rotatable bonds is 7. The molecule has 0 saturated carbocycles. The van der Waals surface area contributed by atoms with E-state index in [9.17, 15) is 4.79 Å². The van der Waals surface area contributed by atoms with Gasteiger partial charge in [0.25, 0.3) is 0 Å². The van der Waals surface area contributed by atoms with E-state index < -0.39 is 0 Å². The number of benzene rings is 1. The quantitative estimate of drug-likeness (QED) is 0.718. The van der Waals surface area contributed by atoms with Gasteiger partial charge in [0.2, 0.25) is 5.91 Å². The first kappa shape index (κ1) is 17.0. The number of imidazole rings is 1. The summed E-state index contributed by atoms with van der Waals surface area (Å²) >= 11 is 0. The SMILES string of the molecule is Cc1nn(Cc2ccccc2)c(C)c1CC(=O)NCCn1ccnc1. The number of aromatic nitrogens is 4. The Hall–Kier alpha value is -2.89. The Morgan fingerprint density at radius 1 is 1.20 bits per heavy atom. The molecule has 25 heavy (non-hydrogen) atoms. The van der Waals surface area contributed by atoms with Gasteiger partial charge in [0.1, 0.15) is 0 Å². The molecule has 1 N–H and O–H groups in total. The van der Waals surface area contributed by atoms with Crippen molar-refractivity contribution in [2.75, 3.05) is 6.54 Å². The highest BCUT2D eigenvalue weighted by molar-refractivity contribution is 5.79. The van der Waals surface area contributed by atoms with Crippen molar-refractivity contribution in [3.8, 4) is 0 Å². The van der Waals surface area contributed by atoms with E-state index >= 15 is 0 Å². The lowest BCUT2D eigenvalue weighted by molar-refractivity contribution is -0.120. The molecule has 0 fully saturated rings. The summed E-state index contributed by atoms with van der Waals surface area (Å²) in [6, 6.07) is 10.2. The number of aryl methyl sites for hydroxylation is 1. The number of amides is 1. The number of carbonyl (C=O) groups excluding carboxylic acids is 1. The predicted octanol–water partition coefficient (Wildman–Crippen LogP) is 2.10. The van der Waals surface area contributed by atoms with Crippen molar-refractivity contribution in [1.29, 1.82) is 0 Å². The van der Waals surface area contributed by atoms with Crippen LogP contribution in [0.25, 0.3) is 0 Å². The van der Waals surface area contributed by atoms with E-state index in [1.807, 2.05) is 47.5 Å². The molecule has 1 aromatic carbocycles. The Kier molecular flexibility index (Phi) is 5.28. The first-order valence-electron chi connectivity index (χ1n) is 8.42. The first-order chi connectivity index (χ1) is 12.1. The molecule has 3 aromatic rings. The standard InChI is InChI=1S/C19H23N5O/c1-15-18(12-19(25)21-9-11-23-10-8-20-14-23)16(2)24(22-15)13-17-6-4-3-5-7-17/h3-8,10,14H,9,11-13H2,1-2H3,(H,21,25). The van der Waals surface area contributed by atoms with Crippen LogP contribution in [0, 0.1) is 13.8 Å². The number of carbonyl (C=O) groups is 1. The van der Waals surface area contributed by atoms with E-state index in [4.69, 9.17) is 0 Å². The van der Waals surface area contributed by atoms with Crippen LogP contribution in [0.3, 0.4) is 0 Å². The summed E-state index contributed by atoms with van der Waals surface area (Å²) < 4.78 is 3.91. The van der Waals surface area contributed by atoms with Crippen LogP contribution in [0.1, 0.15) is 22.5 Å². The van der Waals surface area contributed by atoms with E-state index in [0.717, 1.165) is 30.0 Å². The van der Waals surface area contributed by atoms with Crippen molar-refractivity contribution in [1.82, 2.24) is 24.6 Å². The molecule has 0 spiro atoms. The van der Waals surface area contributed by atoms with Crippen LogP contribution < -0.4 is 5.32 Å². The van der Waals surface area contributed by atoms with Gasteiger partial charge < -0.3 is 9.88 Å². The van der Waals surface area contributed by atoms with Crippen LogP contribution in [-0.2, 0) is 24.3 Å². The second-order valence-electron chi connectivity index (χ2n) is 6.12. The molecule has 0 radical (unpaired) electrons. The molecule has 0 atom stereocenters. The number of nitrogens with one attached hydrogen (secondary N) is 1. The van der Waals surface area contributed by atoms with E-state index in [0.29, 0.717) is 13.0 Å². The lowest BCUT2D eigenvalue weighted by Gasteiger charge is -2.07. The maximum atomic E-state index is 12.2. The van der Waals surface area contributed by atoms with Gasteiger partial charge >= 0.3 is 0 Å². The third-order valence-corrected chi connectivity index (χ3v) is 4.30. The smallest absolute Gasteiger partial charge is 0.224 e. The predicted molar refractivity (Wildman–Crippen MR) is 96.2 cm³/mol. The van der Waals surface area contributed by atoms with E-state index in [1.165, 1.54) is 5.56 Å². The highest BCUT2D eigenvalue weighted by Crippen LogP contribution is 2.15. The Morgan fingerprint density at radius 3 is 2.72 bits per heavy atom. The van der Waals surface area contributed by atoms with Crippen molar-refractivity contribution < 1.29 is 4.79 Å². The Labute approximate surface area is 147 Å². The minimum Gasteiger partial charge on any atom is -0.354 e. The molecule has 2 heterocycles. The van der Waals surface area contributed by atoms with Gasteiger partial charge in [-0.25, -0.2) is 4.98 Å². The third-order valence-electron chi connectivity index (χ3n) is 4.30. The molecule has 1 amide bonds. The molecule has 130 valence electrons. The normalized spacial score (nSPS) is 10.8. The van der Waals surface area contributed by atoms with E-state index in [2.05, 4.69) is 27.5 Å². The Balaban J connectivity index is 1.59. The van der Waals surface area contributed by atoms with Gasteiger partial charge in [0, 0.05) is 36.7 Å². The third kappa shape index (κ3) is 4.35. The van der Waals surface area contributed by atoms with Crippen molar-refractivity contribution in [2.24, 2.45) is 0 Å². The fraction of sp³-hybridized carbons (Fsp3) is 0.316. The molecular weight excluding hydrogens is 314 g/mol. The minimum atomic E-state index is 0.0191. The van der Waals surface area contributed by atoms with Crippen molar-refractivity contribution in [3.63, 3.8) is 0 Å². The van der Waals surface area contributed by atoms with Gasteiger partial charge in [-0.05, 0) is 19.4 Å². The molecule has 0 aliphatic heterocycles. The van der Waals surface area contributed by atoms with E-state index in [-0.39, 0.29) is 5.91 Å². The zero-order valence-electron chi connectivity index (χ0n) is 14.6. The van der Waals surface area contributed by atoms with Gasteiger partial charge in [0.15, 0.2) is 0 Å². The zero-order chi connectivity index (χ0) is 17.6. The second kappa shape index (κ2) is 7.79. The molecule has 3 rings (SSSR count). The minimum absolute atomic E-state index is 0.0191. The van der Waals surface area contributed by atoms with Crippen LogP contribution in [0.2, 0.25) is 0 Å². The summed E-state index contributed by atoms with van der Waals surface area (Å²) in [6.07, 6.45) is 5.72. The van der Waals surface area contributed by atoms with Gasteiger partial charge in [-0.1, -0.05) is 30.3 Å². The van der Waals surface area contributed by atoms with Crippen LogP contribution in [-0.4, -0.2) is 31.8 Å². The molecule has 2 aromatic heterocycles. The lowest BCUT2D eigenvalue weighted by atomic mass is 10.1. The molecule has 0 unspecified atom stereocenters. The monoisotopic (exact) mass is 337 g/mol. The fourth-order valence-corrected chi connectivity index (χ4v) is 2.87. The lowest BCUT2D eigenvalue weighted by Crippen LogP contribution is -2.28. The van der Waals surface area contributed by atoms with Gasteiger partial charge in [0.05, 0.1) is 25.0 Å². The Morgan fingerprint density at radius 2 is 2.00 bits per heavy atom. The van der Waals surface area contributed by atoms with Crippen LogP contribution >= 0.6 is 0 Å². The van der Waals surface area contributed by atoms with E-state index in [1.54, 1.807) is 12.5 Å². The highest BCUT2D eigenvalue weighted by Gasteiger charge is 2.15. The average molecular weight is 337 g/mol. The Bertz CT molecular complexity index is 821. The molecule has 0 aliphatic rings. The second-order valence-corrected chi connectivity index (χ2v) is 6.12. The van der Waals surface area contributed by atoms with Crippen LogP contribution in [0.5, 0.6) is 0 Å². The molecule has 0 bridgehead atoms. The van der Waals surface area contributed by atoms with Gasteiger partial charge in [-0.3, -0.25) is 9.48 Å². The first-order valence-corrected chi connectivity index (χ1v) is 8.42. The fourth-order valence-electron chi connectivity index (χ4n) is 2.87. The average Bonchev–Trinajstić information content (AvgIpc) is 3.20. The van der Waals surface area contributed by atoms with Crippen molar-refractivity contribution >= 4 is 5.91 Å². The van der Waals surface area contributed by atoms with Crippen LogP contribution in [0.15, 0.2) is 49.1 Å². The summed E-state index contributed by atoms with van der Waals surface area (Å²) in [5.41, 5.74) is 4.17. The summed E-state index contributed by atoms with van der Waals surface area (Å²) in [7, 11) is 0. The molecule has 0 aliphatic carbocycles. The molecule has 0 saturated heterocycles. The maximum absolute atomic E-state index is 12.2. The maximum Gasteiger partial charge on any atom is 0.224 e. The van der Waals surface area contributed by atoms with Gasteiger partial charge in [-0.15, -0.1) is 0 Å². The number of hydrogen-bond acceptors (Lipinski definition) is 3. The largest absolute Gasteiger partial charge is 0.354 e. The summed E-state index contributed by atoms with van der Waals surface area (Å²) in [5.74, 6) is 0.0191. The zero-order valence-corrected chi connectivity index (χ0v) is 14.6. The van der Waals surface area contributed by atoms with Crippen molar-refractivity contribution in [2.45, 2.75) is 33.4 Å². The van der Waals surface area contributed by atoms with Crippen molar-refractivity contribution in [3.05, 3.63) is 71.6 Å². The van der Waals surface area contributed by atoms with Gasteiger partial charge in [-0.2, -0.15) is 5.10 Å². The molecule has 6 nitrogen and oxygen atoms in total. The summed E-state index contributed by atoms with van der Waals surface area (Å²) in [5, 5.41) is 7.56. The number of nitrogens with zero attached hydrogens (tertiary/aromatic N) is 4. The topological polar surface area (TPSA) is 64.7 Å².